The molecule has 1 aromatic heterocycles. The number of aliphatic hydroxyl groups is 1. The predicted octanol–water partition coefficient (Wildman–Crippen LogP) is 2.41. The number of unbranched alkanes of at least 4 members (excludes halogenated alkanes) is 3. The summed E-state index contributed by atoms with van der Waals surface area (Å²) in [5.74, 6) is 0.246. The summed E-state index contributed by atoms with van der Waals surface area (Å²) in [6, 6.07) is 2.70. The molecule has 1 atom stereocenters. The third-order valence-electron chi connectivity index (χ3n) is 2.90. The van der Waals surface area contributed by atoms with E-state index >= 15 is 0 Å². The fourth-order valence-corrected chi connectivity index (χ4v) is 3.07. The quantitative estimate of drug-likeness (QED) is 0.684. The third-order valence-corrected chi connectivity index (χ3v) is 4.37. The molecule has 19 heavy (non-hydrogen) atoms. The lowest BCUT2D eigenvalue weighted by atomic mass is 10.1. The molecule has 5 nitrogen and oxygen atoms in total. The molecule has 0 bridgehead atoms. The standard InChI is InChI=1S/C13H23NO4S/c1-3-4-5-6-7-11(2)14-19(16,17)13-9-8-12(10-15)18-13/h8-9,11,14-15H,3-7,10H2,1-2H3. The van der Waals surface area contributed by atoms with Crippen LogP contribution < -0.4 is 4.72 Å². The molecule has 0 spiro atoms. The number of nitrogens with one attached hydrogen (secondary N) is 1. The summed E-state index contributed by atoms with van der Waals surface area (Å²) in [4.78, 5) is 0. The second kappa shape index (κ2) is 7.67. The van der Waals surface area contributed by atoms with E-state index in [1.807, 2.05) is 6.92 Å². The lowest BCUT2D eigenvalue weighted by Crippen LogP contribution is -2.32. The highest BCUT2D eigenvalue weighted by Crippen LogP contribution is 2.15. The Morgan fingerprint density at radius 2 is 2.05 bits per heavy atom. The number of hydrogen-bond acceptors (Lipinski definition) is 4. The molecule has 110 valence electrons. The molecule has 0 fully saturated rings. The normalized spacial score (nSPS) is 13.6. The number of sulfonamides is 1. The van der Waals surface area contributed by atoms with Crippen LogP contribution in [-0.2, 0) is 16.6 Å². The summed E-state index contributed by atoms with van der Waals surface area (Å²) in [5.41, 5.74) is 0. The van der Waals surface area contributed by atoms with Crippen LogP contribution >= 0.6 is 0 Å². The van der Waals surface area contributed by atoms with Crippen molar-refractivity contribution in [2.75, 3.05) is 0 Å². The van der Waals surface area contributed by atoms with E-state index in [0.717, 1.165) is 25.7 Å². The van der Waals surface area contributed by atoms with Gasteiger partial charge in [-0.25, -0.2) is 13.1 Å². The van der Waals surface area contributed by atoms with Gasteiger partial charge in [-0.3, -0.25) is 0 Å². The Balaban J connectivity index is 2.49. The van der Waals surface area contributed by atoms with Gasteiger partial charge < -0.3 is 9.52 Å². The van der Waals surface area contributed by atoms with Crippen molar-refractivity contribution in [2.24, 2.45) is 0 Å². The summed E-state index contributed by atoms with van der Waals surface area (Å²) < 4.78 is 31.6. The first kappa shape index (κ1) is 16.2. The van der Waals surface area contributed by atoms with Gasteiger partial charge in [0.25, 0.3) is 10.0 Å². The van der Waals surface area contributed by atoms with Crippen molar-refractivity contribution in [3.63, 3.8) is 0 Å². The highest BCUT2D eigenvalue weighted by molar-refractivity contribution is 7.89. The fourth-order valence-electron chi connectivity index (χ4n) is 1.85. The summed E-state index contributed by atoms with van der Waals surface area (Å²) in [7, 11) is -3.62. The van der Waals surface area contributed by atoms with Crippen LogP contribution in [0, 0.1) is 0 Å². The first-order valence-corrected chi connectivity index (χ1v) is 8.19. The first-order valence-electron chi connectivity index (χ1n) is 6.71. The van der Waals surface area contributed by atoms with Crippen LogP contribution in [0.15, 0.2) is 21.6 Å². The van der Waals surface area contributed by atoms with Crippen LogP contribution in [-0.4, -0.2) is 19.6 Å². The maximum Gasteiger partial charge on any atom is 0.274 e. The maximum atomic E-state index is 12.0. The summed E-state index contributed by atoms with van der Waals surface area (Å²) in [6.45, 7) is 3.68. The van der Waals surface area contributed by atoms with Crippen LogP contribution in [0.3, 0.4) is 0 Å². The van der Waals surface area contributed by atoms with Gasteiger partial charge in [0.1, 0.15) is 12.4 Å². The SMILES string of the molecule is CCCCCCC(C)NS(=O)(=O)c1ccc(CO)o1. The molecule has 1 unspecified atom stereocenters. The monoisotopic (exact) mass is 289 g/mol. The molecule has 0 amide bonds. The number of furan rings is 1. The molecular formula is C13H23NO4S. The molecule has 0 saturated heterocycles. The number of rotatable bonds is 9. The second-order valence-electron chi connectivity index (χ2n) is 4.75. The van der Waals surface area contributed by atoms with E-state index in [0.29, 0.717) is 0 Å². The Morgan fingerprint density at radius 1 is 1.32 bits per heavy atom. The van der Waals surface area contributed by atoms with E-state index in [1.54, 1.807) is 0 Å². The minimum Gasteiger partial charge on any atom is -0.446 e. The van der Waals surface area contributed by atoms with Gasteiger partial charge in [0.05, 0.1) is 0 Å². The maximum absolute atomic E-state index is 12.0. The Morgan fingerprint density at radius 3 is 2.63 bits per heavy atom. The Kier molecular flexibility index (Phi) is 6.54. The van der Waals surface area contributed by atoms with E-state index in [2.05, 4.69) is 11.6 Å². The van der Waals surface area contributed by atoms with Crippen LogP contribution in [0.5, 0.6) is 0 Å². The average Bonchev–Trinajstić information content (AvgIpc) is 2.83. The van der Waals surface area contributed by atoms with E-state index in [9.17, 15) is 8.42 Å². The molecule has 1 rings (SSSR count). The van der Waals surface area contributed by atoms with Crippen molar-refractivity contribution in [3.05, 3.63) is 17.9 Å². The molecule has 6 heteroatoms. The van der Waals surface area contributed by atoms with Gasteiger partial charge in [-0.2, -0.15) is 0 Å². The highest BCUT2D eigenvalue weighted by atomic mass is 32.2. The molecule has 1 heterocycles. The largest absolute Gasteiger partial charge is 0.446 e. The van der Waals surface area contributed by atoms with Gasteiger partial charge in [0, 0.05) is 6.04 Å². The minimum absolute atomic E-state index is 0.121. The fraction of sp³-hybridized carbons (Fsp3) is 0.692. The molecule has 2 N–H and O–H groups in total. The molecule has 0 aliphatic rings. The third kappa shape index (κ3) is 5.34. The van der Waals surface area contributed by atoms with Crippen LogP contribution in [0.4, 0.5) is 0 Å². The molecule has 1 aromatic rings. The Bertz CT molecular complexity index is 467. The smallest absolute Gasteiger partial charge is 0.274 e. The van der Waals surface area contributed by atoms with Crippen molar-refractivity contribution in [3.8, 4) is 0 Å². The molecule has 0 radical (unpaired) electrons. The van der Waals surface area contributed by atoms with Gasteiger partial charge in [0.2, 0.25) is 5.09 Å². The van der Waals surface area contributed by atoms with Gasteiger partial charge in [-0.1, -0.05) is 32.6 Å². The van der Waals surface area contributed by atoms with E-state index in [1.165, 1.54) is 18.6 Å². The first-order chi connectivity index (χ1) is 8.99. The van der Waals surface area contributed by atoms with Gasteiger partial charge >= 0.3 is 0 Å². The molecule has 0 aliphatic carbocycles. The zero-order valence-electron chi connectivity index (χ0n) is 11.6. The van der Waals surface area contributed by atoms with E-state index in [-0.39, 0.29) is 23.5 Å². The number of aliphatic hydroxyl groups excluding tert-OH is 1. The van der Waals surface area contributed by atoms with Crippen molar-refractivity contribution >= 4 is 10.0 Å². The zero-order chi connectivity index (χ0) is 14.3. The second-order valence-corrected chi connectivity index (χ2v) is 6.40. The van der Waals surface area contributed by atoms with E-state index < -0.39 is 10.0 Å². The van der Waals surface area contributed by atoms with E-state index in [4.69, 9.17) is 9.52 Å². The molecular weight excluding hydrogens is 266 g/mol. The Labute approximate surface area is 115 Å². The zero-order valence-corrected chi connectivity index (χ0v) is 12.4. The topological polar surface area (TPSA) is 79.5 Å². The lowest BCUT2D eigenvalue weighted by Gasteiger charge is -2.12. The highest BCUT2D eigenvalue weighted by Gasteiger charge is 2.20. The summed E-state index contributed by atoms with van der Waals surface area (Å²) in [6.07, 6.45) is 5.29. The van der Waals surface area contributed by atoms with Crippen molar-refractivity contribution < 1.29 is 17.9 Å². The molecule has 0 saturated carbocycles. The van der Waals surface area contributed by atoms with Gasteiger partial charge in [-0.15, -0.1) is 0 Å². The van der Waals surface area contributed by atoms with Crippen LogP contribution in [0.2, 0.25) is 0 Å². The summed E-state index contributed by atoms with van der Waals surface area (Å²) in [5, 5.41) is 8.71. The number of hydrogen-bond donors (Lipinski definition) is 2. The van der Waals surface area contributed by atoms with Crippen LogP contribution in [0.25, 0.3) is 0 Å². The van der Waals surface area contributed by atoms with Gasteiger partial charge in [0.15, 0.2) is 0 Å². The average molecular weight is 289 g/mol. The van der Waals surface area contributed by atoms with Crippen molar-refractivity contribution in [1.82, 2.24) is 4.72 Å². The summed E-state index contributed by atoms with van der Waals surface area (Å²) >= 11 is 0. The van der Waals surface area contributed by atoms with Crippen LogP contribution in [0.1, 0.15) is 51.7 Å². The Hall–Kier alpha value is -0.850. The molecule has 0 aliphatic heterocycles. The van der Waals surface area contributed by atoms with Crippen molar-refractivity contribution in [2.45, 2.75) is 63.7 Å². The van der Waals surface area contributed by atoms with Gasteiger partial charge in [-0.05, 0) is 25.5 Å². The lowest BCUT2D eigenvalue weighted by molar-refractivity contribution is 0.236. The minimum atomic E-state index is -3.62. The predicted molar refractivity (Wildman–Crippen MR) is 73.2 cm³/mol. The van der Waals surface area contributed by atoms with Crippen molar-refractivity contribution in [1.29, 1.82) is 0 Å². The molecule has 0 aromatic carbocycles.